The molecule has 0 fully saturated rings. The van der Waals surface area contributed by atoms with Crippen LogP contribution in [0.4, 0.5) is 5.69 Å². The highest BCUT2D eigenvalue weighted by atomic mass is 32.2. The summed E-state index contributed by atoms with van der Waals surface area (Å²) in [5, 5.41) is 5.79. The summed E-state index contributed by atoms with van der Waals surface area (Å²) < 4.78 is 23.1. The summed E-state index contributed by atoms with van der Waals surface area (Å²) in [6.07, 6.45) is 8.21. The van der Waals surface area contributed by atoms with Gasteiger partial charge in [0.05, 0.1) is 4.90 Å². The zero-order chi connectivity index (χ0) is 21.0. The van der Waals surface area contributed by atoms with Crippen molar-refractivity contribution in [3.63, 3.8) is 0 Å². The van der Waals surface area contributed by atoms with Crippen LogP contribution in [0, 0.1) is 6.92 Å². The van der Waals surface area contributed by atoms with Gasteiger partial charge in [0.2, 0.25) is 0 Å². The fourth-order valence-electron chi connectivity index (χ4n) is 3.13. The Bertz CT molecular complexity index is 1060. The highest BCUT2D eigenvalue weighted by Crippen LogP contribution is 2.19. The number of allylic oxidation sites excluding steroid dienone is 1. The van der Waals surface area contributed by atoms with E-state index < -0.39 is 9.84 Å². The van der Waals surface area contributed by atoms with Crippen molar-refractivity contribution in [1.82, 2.24) is 5.32 Å². The van der Waals surface area contributed by atoms with Crippen molar-refractivity contribution < 1.29 is 18.0 Å². The molecule has 7 heteroatoms. The summed E-state index contributed by atoms with van der Waals surface area (Å²) in [5.41, 5.74) is 2.16. The molecule has 0 spiro atoms. The number of hydrogen-bond acceptors (Lipinski definition) is 4. The molecule has 2 aromatic rings. The molecule has 0 bridgehead atoms. The van der Waals surface area contributed by atoms with Crippen LogP contribution in [0.15, 0.2) is 59.5 Å². The van der Waals surface area contributed by atoms with Crippen molar-refractivity contribution in [2.24, 2.45) is 0 Å². The summed E-state index contributed by atoms with van der Waals surface area (Å²) in [4.78, 5) is 25.3. The maximum absolute atomic E-state index is 12.6. The first-order chi connectivity index (χ1) is 13.7. The smallest absolute Gasteiger partial charge is 0.255 e. The quantitative estimate of drug-likeness (QED) is 0.736. The van der Waals surface area contributed by atoms with E-state index in [1.54, 1.807) is 18.2 Å². The molecule has 0 saturated heterocycles. The van der Waals surface area contributed by atoms with Crippen LogP contribution in [-0.2, 0) is 9.84 Å². The van der Waals surface area contributed by atoms with Gasteiger partial charge in [-0.05, 0) is 68.1 Å². The van der Waals surface area contributed by atoms with E-state index in [0.29, 0.717) is 16.8 Å². The largest absolute Gasteiger partial charge is 0.346 e. The minimum Gasteiger partial charge on any atom is -0.346 e. The zero-order valence-corrected chi connectivity index (χ0v) is 17.3. The Kier molecular flexibility index (Phi) is 6.17. The van der Waals surface area contributed by atoms with Crippen molar-refractivity contribution in [2.45, 2.75) is 37.1 Å². The molecule has 0 heterocycles. The van der Waals surface area contributed by atoms with Crippen LogP contribution >= 0.6 is 0 Å². The lowest BCUT2D eigenvalue weighted by atomic mass is 10.0. The summed E-state index contributed by atoms with van der Waals surface area (Å²) in [6.45, 7) is 1.84. The molecule has 152 valence electrons. The molecular weight excluding hydrogens is 388 g/mol. The Morgan fingerprint density at radius 2 is 1.69 bits per heavy atom. The molecule has 3 rings (SSSR count). The predicted octanol–water partition coefficient (Wildman–Crippen LogP) is 3.49. The molecule has 29 heavy (non-hydrogen) atoms. The van der Waals surface area contributed by atoms with E-state index in [4.69, 9.17) is 0 Å². The molecule has 6 nitrogen and oxygen atoms in total. The fourth-order valence-corrected chi connectivity index (χ4v) is 3.76. The molecule has 2 N–H and O–H groups in total. The molecule has 0 saturated carbocycles. The van der Waals surface area contributed by atoms with Crippen LogP contribution in [0.1, 0.15) is 45.5 Å². The van der Waals surface area contributed by atoms with Gasteiger partial charge in [-0.15, -0.1) is 0 Å². The second kappa shape index (κ2) is 8.61. The summed E-state index contributed by atoms with van der Waals surface area (Å²) in [6, 6.07) is 10.9. The highest BCUT2D eigenvalue weighted by molar-refractivity contribution is 7.90. The standard InChI is InChI=1S/C22H24N2O4S/c1-15-8-9-17(22(26)23-18-6-4-3-5-7-18)14-20(15)24-21(25)16-10-12-19(13-11-16)29(2,27)28/h4,6,8-14,18H,3,5,7H2,1-2H3,(H,23,26)(H,24,25). The average Bonchev–Trinajstić information content (AvgIpc) is 2.69. The fraction of sp³-hybridized carbons (Fsp3) is 0.273. The van der Waals surface area contributed by atoms with Crippen LogP contribution in [0.25, 0.3) is 0 Å². The van der Waals surface area contributed by atoms with Gasteiger partial charge in [0, 0.05) is 29.1 Å². The van der Waals surface area contributed by atoms with E-state index in [1.165, 1.54) is 24.3 Å². The van der Waals surface area contributed by atoms with E-state index in [2.05, 4.69) is 16.7 Å². The monoisotopic (exact) mass is 412 g/mol. The van der Waals surface area contributed by atoms with Gasteiger partial charge in [0.15, 0.2) is 9.84 Å². The molecule has 1 aliphatic rings. The van der Waals surface area contributed by atoms with E-state index in [-0.39, 0.29) is 22.8 Å². The number of rotatable bonds is 5. The maximum atomic E-state index is 12.6. The van der Waals surface area contributed by atoms with Gasteiger partial charge < -0.3 is 10.6 Å². The van der Waals surface area contributed by atoms with Crippen LogP contribution in [0.5, 0.6) is 0 Å². The lowest BCUT2D eigenvalue weighted by Gasteiger charge is -2.18. The second-order valence-electron chi connectivity index (χ2n) is 7.22. The van der Waals surface area contributed by atoms with Crippen LogP contribution in [-0.4, -0.2) is 32.5 Å². The summed E-state index contributed by atoms with van der Waals surface area (Å²) in [5.74, 6) is -0.560. The van der Waals surface area contributed by atoms with Gasteiger partial charge in [0.25, 0.3) is 11.8 Å². The van der Waals surface area contributed by atoms with E-state index >= 15 is 0 Å². The zero-order valence-electron chi connectivity index (χ0n) is 16.4. The SMILES string of the molecule is Cc1ccc(C(=O)NC2C=CCCC2)cc1NC(=O)c1ccc(S(C)(=O)=O)cc1. The van der Waals surface area contributed by atoms with Gasteiger partial charge in [0.1, 0.15) is 0 Å². The Balaban J connectivity index is 1.74. The third kappa shape index (κ3) is 5.32. The highest BCUT2D eigenvalue weighted by Gasteiger charge is 2.16. The first kappa shape index (κ1) is 20.8. The van der Waals surface area contributed by atoms with E-state index in [0.717, 1.165) is 31.1 Å². The van der Waals surface area contributed by atoms with Gasteiger partial charge in [-0.25, -0.2) is 8.42 Å². The molecule has 2 aromatic carbocycles. The van der Waals surface area contributed by atoms with Crippen molar-refractivity contribution in [1.29, 1.82) is 0 Å². The van der Waals surface area contributed by atoms with Crippen LogP contribution < -0.4 is 10.6 Å². The van der Waals surface area contributed by atoms with E-state index in [1.807, 2.05) is 13.0 Å². The molecule has 0 aromatic heterocycles. The van der Waals surface area contributed by atoms with Gasteiger partial charge in [-0.3, -0.25) is 9.59 Å². The number of amides is 2. The summed E-state index contributed by atoms with van der Waals surface area (Å²) in [7, 11) is -3.32. The lowest BCUT2D eigenvalue weighted by Crippen LogP contribution is -2.34. The van der Waals surface area contributed by atoms with Gasteiger partial charge in [-0.2, -0.15) is 0 Å². The Labute approximate surface area is 170 Å². The minimum absolute atomic E-state index is 0.0314. The first-order valence-corrected chi connectivity index (χ1v) is 11.3. The molecule has 2 amide bonds. The Morgan fingerprint density at radius 1 is 1.00 bits per heavy atom. The number of benzene rings is 2. The molecular formula is C22H24N2O4S. The Morgan fingerprint density at radius 3 is 2.31 bits per heavy atom. The third-order valence-corrected chi connectivity index (χ3v) is 5.99. The van der Waals surface area contributed by atoms with Gasteiger partial charge >= 0.3 is 0 Å². The predicted molar refractivity (Wildman–Crippen MR) is 113 cm³/mol. The van der Waals surface area contributed by atoms with Crippen molar-refractivity contribution in [3.05, 3.63) is 71.3 Å². The minimum atomic E-state index is -3.32. The van der Waals surface area contributed by atoms with Gasteiger partial charge in [-0.1, -0.05) is 18.2 Å². The Hall–Kier alpha value is -2.93. The van der Waals surface area contributed by atoms with Crippen molar-refractivity contribution in [2.75, 3.05) is 11.6 Å². The second-order valence-corrected chi connectivity index (χ2v) is 9.24. The topological polar surface area (TPSA) is 92.3 Å². The molecule has 0 radical (unpaired) electrons. The number of sulfone groups is 1. The molecule has 1 aliphatic carbocycles. The molecule has 1 unspecified atom stereocenters. The average molecular weight is 413 g/mol. The summed E-state index contributed by atoms with van der Waals surface area (Å²) >= 11 is 0. The maximum Gasteiger partial charge on any atom is 0.255 e. The number of anilines is 1. The van der Waals surface area contributed by atoms with Crippen LogP contribution in [0.3, 0.4) is 0 Å². The normalized spacial score (nSPS) is 16.3. The number of carbonyl (C=O) groups is 2. The molecule has 0 aliphatic heterocycles. The number of aryl methyl sites for hydroxylation is 1. The van der Waals surface area contributed by atoms with Crippen molar-refractivity contribution >= 4 is 27.3 Å². The van der Waals surface area contributed by atoms with E-state index in [9.17, 15) is 18.0 Å². The van der Waals surface area contributed by atoms with Crippen LogP contribution in [0.2, 0.25) is 0 Å². The molecule has 1 atom stereocenters. The number of nitrogens with one attached hydrogen (secondary N) is 2. The number of carbonyl (C=O) groups excluding carboxylic acids is 2. The number of hydrogen-bond donors (Lipinski definition) is 2. The first-order valence-electron chi connectivity index (χ1n) is 9.44. The third-order valence-electron chi connectivity index (χ3n) is 4.86. The van der Waals surface area contributed by atoms with Crippen molar-refractivity contribution in [3.8, 4) is 0 Å². The lowest BCUT2D eigenvalue weighted by molar-refractivity contribution is 0.0940.